The molecule has 0 bridgehead atoms. The number of ether oxygens (including phenoxy) is 3. The third kappa shape index (κ3) is 5.35. The van der Waals surface area contributed by atoms with E-state index in [-0.39, 0.29) is 41.8 Å². The van der Waals surface area contributed by atoms with Crippen molar-refractivity contribution in [2.45, 2.75) is 43.7 Å². The van der Waals surface area contributed by atoms with E-state index in [0.717, 1.165) is 5.69 Å². The predicted molar refractivity (Wildman–Crippen MR) is 171 cm³/mol. The van der Waals surface area contributed by atoms with Crippen LogP contribution < -0.4 is 14.5 Å². The molecule has 252 valence electrons. The number of hydrogen-bond donors (Lipinski definition) is 0. The van der Waals surface area contributed by atoms with Crippen LogP contribution in [0.1, 0.15) is 36.9 Å². The summed E-state index contributed by atoms with van der Waals surface area (Å²) in [5, 5.41) is 17.1. The Kier molecular flexibility index (Phi) is 7.53. The third-order valence-electron chi connectivity index (χ3n) is 9.38. The van der Waals surface area contributed by atoms with E-state index in [4.69, 9.17) is 18.6 Å². The summed E-state index contributed by atoms with van der Waals surface area (Å²) in [7, 11) is 1.80. The summed E-state index contributed by atoms with van der Waals surface area (Å²) in [5.41, 5.74) is 2.16. The minimum absolute atomic E-state index is 0.0446. The fourth-order valence-electron chi connectivity index (χ4n) is 6.67. The number of anilines is 2. The van der Waals surface area contributed by atoms with Gasteiger partial charge in [0.1, 0.15) is 34.2 Å². The average molecular weight is 673 g/mol. The van der Waals surface area contributed by atoms with Gasteiger partial charge in [0.2, 0.25) is 5.88 Å². The van der Waals surface area contributed by atoms with E-state index in [2.05, 4.69) is 36.8 Å². The van der Waals surface area contributed by atoms with Crippen LogP contribution in [-0.4, -0.2) is 86.5 Å². The van der Waals surface area contributed by atoms with Gasteiger partial charge >= 0.3 is 0 Å². The van der Waals surface area contributed by atoms with Crippen LogP contribution in [0.3, 0.4) is 0 Å². The first-order chi connectivity index (χ1) is 23.7. The Balaban J connectivity index is 1.16. The summed E-state index contributed by atoms with van der Waals surface area (Å²) in [6.07, 6.45) is -1.92. The quantitative estimate of drug-likeness (QED) is 0.145. The zero-order chi connectivity index (χ0) is 33.9. The molecule has 3 aliphatic heterocycles. The molecule has 3 aliphatic rings. The Hall–Kier alpha value is -5.40. The fraction of sp³-hybridized carbons (Fsp3) is 0.394. The first kappa shape index (κ1) is 30.9. The number of alkyl halides is 2. The molecule has 3 fully saturated rings. The van der Waals surface area contributed by atoms with E-state index in [1.807, 2.05) is 19.1 Å². The molecular formula is C33H30F2N8O6. The Bertz CT molecular complexity index is 2140. The maximum Gasteiger partial charge on any atom is 0.297 e. The summed E-state index contributed by atoms with van der Waals surface area (Å²) in [5.74, 6) is 5.68. The normalized spacial score (nSPS) is 21.7. The van der Waals surface area contributed by atoms with Crippen LogP contribution in [0.5, 0.6) is 5.88 Å². The monoisotopic (exact) mass is 672 g/mol. The van der Waals surface area contributed by atoms with Gasteiger partial charge in [0.15, 0.2) is 17.2 Å². The number of nitro groups is 1. The fourth-order valence-corrected chi connectivity index (χ4v) is 6.67. The second kappa shape index (κ2) is 11.9. The molecule has 7 heterocycles. The van der Waals surface area contributed by atoms with Gasteiger partial charge in [-0.15, -0.1) is 0 Å². The van der Waals surface area contributed by atoms with Gasteiger partial charge in [0, 0.05) is 35.7 Å². The molecule has 3 atom stereocenters. The van der Waals surface area contributed by atoms with Crippen molar-refractivity contribution in [3.63, 3.8) is 0 Å². The summed E-state index contributed by atoms with van der Waals surface area (Å²) in [4.78, 5) is 28.2. The largest absolute Gasteiger partial charge is 0.471 e. The Labute approximate surface area is 277 Å². The minimum Gasteiger partial charge on any atom is -0.471 e. The van der Waals surface area contributed by atoms with Crippen molar-refractivity contribution in [1.29, 1.82) is 0 Å². The number of morpholine rings is 1. The molecule has 8 rings (SSSR count). The molecule has 16 heteroatoms. The van der Waals surface area contributed by atoms with Crippen molar-refractivity contribution >= 4 is 33.6 Å². The van der Waals surface area contributed by atoms with E-state index in [9.17, 15) is 18.9 Å². The highest BCUT2D eigenvalue weighted by molar-refractivity contribution is 6.05. The highest BCUT2D eigenvalue weighted by atomic mass is 19.3. The second-order valence-corrected chi connectivity index (χ2v) is 12.3. The maximum atomic E-state index is 14.0. The third-order valence-corrected chi connectivity index (χ3v) is 9.38. The minimum atomic E-state index is -3.01. The number of halogens is 2. The van der Waals surface area contributed by atoms with Crippen molar-refractivity contribution in [2.75, 3.05) is 42.7 Å². The van der Waals surface area contributed by atoms with E-state index >= 15 is 0 Å². The molecule has 3 saturated heterocycles. The zero-order valence-corrected chi connectivity index (χ0v) is 26.5. The molecular weight excluding hydrogens is 642 g/mol. The van der Waals surface area contributed by atoms with Crippen molar-refractivity contribution in [3.05, 3.63) is 76.0 Å². The van der Waals surface area contributed by atoms with Gasteiger partial charge in [0.25, 0.3) is 12.6 Å². The first-order valence-electron chi connectivity index (χ1n) is 15.7. The van der Waals surface area contributed by atoms with E-state index in [0.29, 0.717) is 48.6 Å². The number of rotatable bonds is 6. The number of nitrogens with zero attached hydrogens (tertiary/aromatic N) is 8. The van der Waals surface area contributed by atoms with Crippen molar-refractivity contribution < 1.29 is 32.3 Å². The Morgan fingerprint density at radius 1 is 1.16 bits per heavy atom. The Morgan fingerprint density at radius 3 is 2.73 bits per heavy atom. The van der Waals surface area contributed by atoms with E-state index in [1.54, 1.807) is 48.4 Å². The lowest BCUT2D eigenvalue weighted by Gasteiger charge is -2.53. The summed E-state index contributed by atoms with van der Waals surface area (Å²) in [6.45, 7) is 3.89. The van der Waals surface area contributed by atoms with Crippen LogP contribution >= 0.6 is 0 Å². The highest BCUT2D eigenvalue weighted by Crippen LogP contribution is 2.41. The van der Waals surface area contributed by atoms with Crippen LogP contribution in [0.25, 0.3) is 22.1 Å². The number of furan rings is 1. The standard InChI is InChI=1S/C33H30F2N8O6/c1-19-33(17-46-18-33)47-12-11-41(19)24-13-20(7-8-21-9-10-37-40(21)2)15-36-32(24)48-22-14-26(43(44)45)42(16-22)31-28-27(38-30(39-31)29(34)35)23-5-3-4-6-25(23)49-28/h3-6,9-10,13,15,19,22,26,29H,11-12,14,16-18H2,1-2H3/t19-,22-,26+/m0/s1. The van der Waals surface area contributed by atoms with Crippen LogP contribution in [0, 0.1) is 22.0 Å². The molecule has 0 aliphatic carbocycles. The molecule has 4 aromatic heterocycles. The molecule has 1 spiro atoms. The number of benzene rings is 1. The number of hydrogen-bond acceptors (Lipinski definition) is 12. The van der Waals surface area contributed by atoms with Crippen LogP contribution in [-0.2, 0) is 16.5 Å². The summed E-state index contributed by atoms with van der Waals surface area (Å²) < 4.78 is 53.9. The lowest BCUT2D eigenvalue weighted by Crippen LogP contribution is -2.68. The lowest BCUT2D eigenvalue weighted by molar-refractivity contribution is -0.519. The summed E-state index contributed by atoms with van der Waals surface area (Å²) >= 11 is 0. The van der Waals surface area contributed by atoms with Gasteiger partial charge in [-0.3, -0.25) is 19.7 Å². The summed E-state index contributed by atoms with van der Waals surface area (Å²) in [6, 6.07) is 10.4. The molecule has 0 unspecified atom stereocenters. The van der Waals surface area contributed by atoms with Crippen molar-refractivity contribution in [3.8, 4) is 17.7 Å². The first-order valence-corrected chi connectivity index (χ1v) is 15.7. The van der Waals surface area contributed by atoms with Gasteiger partial charge in [-0.1, -0.05) is 18.1 Å². The van der Waals surface area contributed by atoms with Crippen LogP contribution in [0.15, 0.2) is 53.2 Å². The number of aromatic nitrogens is 5. The number of pyridine rings is 1. The second-order valence-electron chi connectivity index (χ2n) is 12.3. The molecule has 14 nitrogen and oxygen atoms in total. The number of para-hydroxylation sites is 1. The maximum absolute atomic E-state index is 14.0. The average Bonchev–Trinajstić information content (AvgIpc) is 3.80. The highest BCUT2D eigenvalue weighted by Gasteiger charge is 2.50. The van der Waals surface area contributed by atoms with Gasteiger partial charge in [-0.25, -0.2) is 23.7 Å². The van der Waals surface area contributed by atoms with E-state index < -0.39 is 35.0 Å². The van der Waals surface area contributed by atoms with Gasteiger partial charge in [0.05, 0.1) is 45.0 Å². The number of fused-ring (bicyclic) bond motifs is 3. The zero-order valence-electron chi connectivity index (χ0n) is 26.5. The molecule has 0 saturated carbocycles. The molecule has 0 N–H and O–H groups in total. The predicted octanol–water partition coefficient (Wildman–Crippen LogP) is 4.10. The molecule has 1 aromatic carbocycles. The Morgan fingerprint density at radius 2 is 2.00 bits per heavy atom. The molecule has 49 heavy (non-hydrogen) atoms. The van der Waals surface area contributed by atoms with E-state index in [1.165, 1.54) is 4.90 Å². The van der Waals surface area contributed by atoms with Crippen molar-refractivity contribution in [2.24, 2.45) is 7.05 Å². The van der Waals surface area contributed by atoms with Gasteiger partial charge < -0.3 is 23.5 Å². The molecule has 0 radical (unpaired) electrons. The van der Waals surface area contributed by atoms with Crippen LogP contribution in [0.2, 0.25) is 0 Å². The number of aryl methyl sites for hydroxylation is 1. The SMILES string of the molecule is C[C@@H]1N(c2cc(C#Cc3ccnn3C)cnc2O[C@H]2C[C@@H]([N+](=O)[O-])N(c3nc(C(F)F)nc4c3oc3ccccc34)C2)CCOC12COC2. The smallest absolute Gasteiger partial charge is 0.297 e. The van der Waals surface area contributed by atoms with Crippen molar-refractivity contribution in [1.82, 2.24) is 24.7 Å². The lowest BCUT2D eigenvalue weighted by atomic mass is 9.90. The van der Waals surface area contributed by atoms with Crippen LogP contribution in [0.4, 0.5) is 20.3 Å². The topological polar surface area (TPSA) is 147 Å². The van der Waals surface area contributed by atoms with Gasteiger partial charge in [-0.05, 0) is 37.1 Å². The molecule has 0 amide bonds. The molecule has 5 aromatic rings. The van der Waals surface area contributed by atoms with Gasteiger partial charge in [-0.2, -0.15) is 5.10 Å².